The monoisotopic (exact) mass is 164 g/mol. The molecule has 0 saturated carbocycles. The smallest absolute Gasteiger partial charge is 0.229 e. The molecule has 12 heavy (non-hydrogen) atoms. The molecule has 0 aromatic rings. The Bertz CT molecular complexity index is 280. The fourth-order valence-corrected chi connectivity index (χ4v) is 1.73. The van der Waals surface area contributed by atoms with Gasteiger partial charge in [-0.1, -0.05) is 0 Å². The summed E-state index contributed by atoms with van der Waals surface area (Å²) in [6.07, 6.45) is 6.60. The highest BCUT2D eigenvalue weighted by Crippen LogP contribution is 2.27. The van der Waals surface area contributed by atoms with Crippen molar-refractivity contribution in [2.24, 2.45) is 0 Å². The lowest BCUT2D eigenvalue weighted by molar-refractivity contribution is -0.125. The summed E-state index contributed by atoms with van der Waals surface area (Å²) < 4.78 is 0. The Morgan fingerprint density at radius 3 is 2.92 bits per heavy atom. The Labute approximate surface area is 71.9 Å². The molecule has 3 heteroatoms. The molecular formula is C9H12N2O. The summed E-state index contributed by atoms with van der Waals surface area (Å²) in [5.41, 5.74) is 1.12. The van der Waals surface area contributed by atoms with Gasteiger partial charge >= 0.3 is 0 Å². The Morgan fingerprint density at radius 1 is 1.50 bits per heavy atom. The number of likely N-dealkylation sites (N-methyl/N-ethyl adjacent to an activating group) is 2. The van der Waals surface area contributed by atoms with Crippen LogP contribution >= 0.6 is 0 Å². The first-order chi connectivity index (χ1) is 5.70. The van der Waals surface area contributed by atoms with Crippen LogP contribution in [-0.4, -0.2) is 35.8 Å². The van der Waals surface area contributed by atoms with E-state index in [-0.39, 0.29) is 11.9 Å². The summed E-state index contributed by atoms with van der Waals surface area (Å²) in [7, 11) is 3.84. The zero-order chi connectivity index (χ0) is 8.72. The van der Waals surface area contributed by atoms with Crippen LogP contribution < -0.4 is 0 Å². The van der Waals surface area contributed by atoms with Gasteiger partial charge in [0, 0.05) is 19.8 Å². The van der Waals surface area contributed by atoms with Crippen LogP contribution in [0.15, 0.2) is 24.0 Å². The molecular weight excluding hydrogens is 152 g/mol. The van der Waals surface area contributed by atoms with Crippen LogP contribution in [0.5, 0.6) is 0 Å². The van der Waals surface area contributed by atoms with Gasteiger partial charge in [-0.05, 0) is 18.4 Å². The predicted octanol–water partition coefficient (Wildman–Crippen LogP) is 0.560. The second-order valence-corrected chi connectivity index (χ2v) is 3.27. The van der Waals surface area contributed by atoms with E-state index in [1.54, 1.807) is 4.90 Å². The highest BCUT2D eigenvalue weighted by molar-refractivity contribution is 5.82. The maximum Gasteiger partial charge on any atom is 0.229 e. The van der Waals surface area contributed by atoms with E-state index in [1.807, 2.05) is 32.4 Å². The normalized spacial score (nSPS) is 27.7. The lowest BCUT2D eigenvalue weighted by atomic mass is 10.1. The van der Waals surface area contributed by atoms with E-state index in [2.05, 4.69) is 4.90 Å². The van der Waals surface area contributed by atoms with E-state index in [9.17, 15) is 4.79 Å². The second kappa shape index (κ2) is 2.37. The third-order valence-electron chi connectivity index (χ3n) is 2.55. The highest BCUT2D eigenvalue weighted by Gasteiger charge is 2.34. The standard InChI is InChI=1S/C9H12N2O/c1-10-5-3-4-7-8(10)6-9(12)11(7)2/h3-5,8H,6H2,1-2H3. The average molecular weight is 164 g/mol. The summed E-state index contributed by atoms with van der Waals surface area (Å²) in [6, 6.07) is 0.271. The number of rotatable bonds is 0. The zero-order valence-electron chi connectivity index (χ0n) is 7.32. The van der Waals surface area contributed by atoms with Gasteiger partial charge in [0.15, 0.2) is 0 Å². The van der Waals surface area contributed by atoms with Gasteiger partial charge < -0.3 is 9.80 Å². The maximum absolute atomic E-state index is 11.3. The Kier molecular flexibility index (Phi) is 1.46. The number of hydrogen-bond acceptors (Lipinski definition) is 2. The maximum atomic E-state index is 11.3. The second-order valence-electron chi connectivity index (χ2n) is 3.27. The van der Waals surface area contributed by atoms with Crippen LogP contribution in [0.4, 0.5) is 0 Å². The topological polar surface area (TPSA) is 23.6 Å². The van der Waals surface area contributed by atoms with Crippen molar-refractivity contribution < 1.29 is 4.79 Å². The summed E-state index contributed by atoms with van der Waals surface area (Å²) in [4.78, 5) is 15.1. The molecule has 64 valence electrons. The minimum absolute atomic E-state index is 0.210. The van der Waals surface area contributed by atoms with E-state index in [1.165, 1.54) is 0 Å². The van der Waals surface area contributed by atoms with Crippen LogP contribution in [0.1, 0.15) is 6.42 Å². The minimum Gasteiger partial charge on any atom is -0.371 e. The first-order valence-electron chi connectivity index (χ1n) is 4.07. The first-order valence-corrected chi connectivity index (χ1v) is 4.07. The molecule has 0 spiro atoms. The summed E-state index contributed by atoms with van der Waals surface area (Å²) in [5.74, 6) is 0.210. The Hall–Kier alpha value is -1.25. The molecule has 0 bridgehead atoms. The third kappa shape index (κ3) is 0.858. The van der Waals surface area contributed by atoms with Crippen LogP contribution in [0.3, 0.4) is 0 Å². The molecule has 0 radical (unpaired) electrons. The molecule has 2 rings (SSSR count). The van der Waals surface area contributed by atoms with E-state index >= 15 is 0 Å². The quantitative estimate of drug-likeness (QED) is 0.522. The summed E-state index contributed by atoms with van der Waals surface area (Å²) in [6.45, 7) is 0. The number of allylic oxidation sites excluding steroid dienone is 2. The van der Waals surface area contributed by atoms with Crippen LogP contribution in [0.25, 0.3) is 0 Å². The summed E-state index contributed by atoms with van der Waals surface area (Å²) in [5, 5.41) is 0. The predicted molar refractivity (Wildman–Crippen MR) is 46.2 cm³/mol. The Balaban J connectivity index is 2.34. The van der Waals surface area contributed by atoms with Crippen LogP contribution in [0, 0.1) is 0 Å². The van der Waals surface area contributed by atoms with Crippen molar-refractivity contribution in [1.82, 2.24) is 9.80 Å². The minimum atomic E-state index is 0.210. The fraction of sp³-hybridized carbons (Fsp3) is 0.444. The Morgan fingerprint density at radius 2 is 2.25 bits per heavy atom. The third-order valence-corrected chi connectivity index (χ3v) is 2.55. The molecule has 1 unspecified atom stereocenters. The number of carbonyl (C=O) groups is 1. The van der Waals surface area contributed by atoms with Gasteiger partial charge in [-0.3, -0.25) is 4.79 Å². The number of hydrogen-bond donors (Lipinski definition) is 0. The van der Waals surface area contributed by atoms with Crippen molar-refractivity contribution in [3.63, 3.8) is 0 Å². The van der Waals surface area contributed by atoms with Gasteiger partial charge in [0.1, 0.15) is 0 Å². The zero-order valence-corrected chi connectivity index (χ0v) is 7.32. The molecule has 1 fully saturated rings. The van der Waals surface area contributed by atoms with Crippen molar-refractivity contribution in [2.75, 3.05) is 14.1 Å². The van der Waals surface area contributed by atoms with Gasteiger partial charge in [0.05, 0.1) is 12.5 Å². The van der Waals surface area contributed by atoms with Crippen LogP contribution in [-0.2, 0) is 4.79 Å². The summed E-state index contributed by atoms with van der Waals surface area (Å²) >= 11 is 0. The molecule has 1 amide bonds. The molecule has 0 aliphatic carbocycles. The number of likely N-dealkylation sites (tertiary alicyclic amines) is 1. The molecule has 0 N–H and O–H groups in total. The van der Waals surface area contributed by atoms with Crippen molar-refractivity contribution >= 4 is 5.91 Å². The van der Waals surface area contributed by atoms with E-state index in [0.29, 0.717) is 6.42 Å². The van der Waals surface area contributed by atoms with Gasteiger partial charge in [-0.2, -0.15) is 0 Å². The molecule has 0 aromatic carbocycles. The van der Waals surface area contributed by atoms with E-state index < -0.39 is 0 Å². The fourth-order valence-electron chi connectivity index (χ4n) is 1.73. The SMILES string of the molecule is CN1C(=O)CC2C1=CC=CN2C. The van der Waals surface area contributed by atoms with Gasteiger partial charge in [-0.25, -0.2) is 0 Å². The molecule has 0 aromatic heterocycles. The molecule has 1 saturated heterocycles. The van der Waals surface area contributed by atoms with Crippen molar-refractivity contribution in [3.05, 3.63) is 24.0 Å². The van der Waals surface area contributed by atoms with Crippen LogP contribution in [0.2, 0.25) is 0 Å². The number of amides is 1. The van der Waals surface area contributed by atoms with Crippen molar-refractivity contribution in [1.29, 1.82) is 0 Å². The first kappa shape index (κ1) is 7.40. The highest BCUT2D eigenvalue weighted by atomic mass is 16.2. The largest absolute Gasteiger partial charge is 0.371 e. The number of nitrogens with zero attached hydrogens (tertiary/aromatic N) is 2. The average Bonchev–Trinajstić information content (AvgIpc) is 2.32. The van der Waals surface area contributed by atoms with Crippen molar-refractivity contribution in [2.45, 2.75) is 12.5 Å². The van der Waals surface area contributed by atoms with Gasteiger partial charge in [0.2, 0.25) is 5.91 Å². The van der Waals surface area contributed by atoms with E-state index in [4.69, 9.17) is 0 Å². The molecule has 2 aliphatic heterocycles. The lowest BCUT2D eigenvalue weighted by Crippen LogP contribution is -2.29. The number of carbonyl (C=O) groups excluding carboxylic acids is 1. The van der Waals surface area contributed by atoms with Crippen molar-refractivity contribution in [3.8, 4) is 0 Å². The molecule has 3 nitrogen and oxygen atoms in total. The van der Waals surface area contributed by atoms with E-state index in [0.717, 1.165) is 5.70 Å². The molecule has 2 heterocycles. The van der Waals surface area contributed by atoms with Gasteiger partial charge in [0.25, 0.3) is 0 Å². The number of fused-ring (bicyclic) bond motifs is 1. The molecule has 1 atom stereocenters. The lowest BCUT2D eigenvalue weighted by Gasteiger charge is -2.26. The van der Waals surface area contributed by atoms with Gasteiger partial charge in [-0.15, -0.1) is 0 Å². The molecule has 2 aliphatic rings.